The average Bonchev–Trinajstić information content (AvgIpc) is 3.33. The zero-order valence-corrected chi connectivity index (χ0v) is 20.8. The number of aliphatic imine (C=N–C) groups is 1. The van der Waals surface area contributed by atoms with E-state index in [4.69, 9.17) is 11.6 Å². The van der Waals surface area contributed by atoms with E-state index in [0.717, 1.165) is 29.3 Å². The lowest BCUT2D eigenvalue weighted by atomic mass is 10.2. The van der Waals surface area contributed by atoms with E-state index in [9.17, 15) is 4.79 Å². The first-order valence-electron chi connectivity index (χ1n) is 10.0. The molecule has 168 valence electrons. The zero-order chi connectivity index (χ0) is 21.6. The molecule has 8 nitrogen and oxygen atoms in total. The van der Waals surface area contributed by atoms with Crippen LogP contribution in [0.3, 0.4) is 0 Å². The van der Waals surface area contributed by atoms with Gasteiger partial charge in [-0.3, -0.25) is 9.79 Å². The quantitative estimate of drug-likeness (QED) is 0.292. The highest BCUT2D eigenvalue weighted by molar-refractivity contribution is 14.0. The van der Waals surface area contributed by atoms with Gasteiger partial charge in [0.05, 0.1) is 12.2 Å². The van der Waals surface area contributed by atoms with Crippen molar-refractivity contribution in [1.82, 2.24) is 29.9 Å². The predicted octanol–water partition coefficient (Wildman–Crippen LogP) is 2.96. The number of piperazine rings is 1. The number of guanidine groups is 1. The van der Waals surface area contributed by atoms with Crippen molar-refractivity contribution in [2.45, 2.75) is 13.1 Å². The van der Waals surface area contributed by atoms with Crippen molar-refractivity contribution < 1.29 is 4.79 Å². The molecule has 1 saturated heterocycles. The SMILES string of the molecule is CN=C(NCc1ccc(-n2cncn2)cc1)N1CCN(Cc2ccc(Cl)cc2)C(=O)C1.I. The smallest absolute Gasteiger partial charge is 0.242 e. The van der Waals surface area contributed by atoms with Crippen LogP contribution < -0.4 is 5.32 Å². The molecule has 32 heavy (non-hydrogen) atoms. The Morgan fingerprint density at radius 2 is 1.81 bits per heavy atom. The van der Waals surface area contributed by atoms with Gasteiger partial charge in [-0.25, -0.2) is 9.67 Å². The molecule has 1 N–H and O–H groups in total. The van der Waals surface area contributed by atoms with Gasteiger partial charge < -0.3 is 15.1 Å². The van der Waals surface area contributed by atoms with E-state index in [2.05, 4.69) is 20.4 Å². The Labute approximate surface area is 209 Å². The lowest BCUT2D eigenvalue weighted by Gasteiger charge is -2.36. The first-order chi connectivity index (χ1) is 15.1. The normalized spacial score (nSPS) is 14.3. The van der Waals surface area contributed by atoms with E-state index < -0.39 is 0 Å². The van der Waals surface area contributed by atoms with Gasteiger partial charge >= 0.3 is 0 Å². The summed E-state index contributed by atoms with van der Waals surface area (Å²) < 4.78 is 1.71. The van der Waals surface area contributed by atoms with Crippen LogP contribution in [0.25, 0.3) is 5.69 Å². The Bertz CT molecular complexity index is 1040. The first-order valence-corrected chi connectivity index (χ1v) is 10.4. The van der Waals surface area contributed by atoms with E-state index in [1.807, 2.05) is 58.3 Å². The number of carbonyl (C=O) groups is 1. The van der Waals surface area contributed by atoms with E-state index in [1.54, 1.807) is 18.1 Å². The minimum atomic E-state index is 0. The van der Waals surface area contributed by atoms with Crippen LogP contribution in [0.5, 0.6) is 0 Å². The summed E-state index contributed by atoms with van der Waals surface area (Å²) in [4.78, 5) is 24.9. The summed E-state index contributed by atoms with van der Waals surface area (Å²) >= 11 is 5.94. The van der Waals surface area contributed by atoms with Gasteiger partial charge in [-0.05, 0) is 35.4 Å². The summed E-state index contributed by atoms with van der Waals surface area (Å²) in [5.41, 5.74) is 3.13. The second kappa shape index (κ2) is 11.3. The molecule has 0 radical (unpaired) electrons. The van der Waals surface area contributed by atoms with E-state index in [-0.39, 0.29) is 29.9 Å². The van der Waals surface area contributed by atoms with Crippen molar-refractivity contribution in [2.24, 2.45) is 4.99 Å². The molecule has 0 saturated carbocycles. The fourth-order valence-corrected chi connectivity index (χ4v) is 3.61. The molecule has 1 aliphatic rings. The molecule has 0 bridgehead atoms. The molecule has 1 aliphatic heterocycles. The van der Waals surface area contributed by atoms with E-state index in [0.29, 0.717) is 31.2 Å². The van der Waals surface area contributed by atoms with Crippen molar-refractivity contribution in [3.63, 3.8) is 0 Å². The number of benzene rings is 2. The second-order valence-corrected chi connectivity index (χ2v) is 7.71. The van der Waals surface area contributed by atoms with Crippen LogP contribution in [-0.2, 0) is 17.9 Å². The largest absolute Gasteiger partial charge is 0.352 e. The topological polar surface area (TPSA) is 78.7 Å². The molecule has 2 heterocycles. The maximum atomic E-state index is 12.7. The van der Waals surface area contributed by atoms with Crippen molar-refractivity contribution in [3.8, 4) is 5.69 Å². The third kappa shape index (κ3) is 5.98. The van der Waals surface area contributed by atoms with Gasteiger partial charge in [0.25, 0.3) is 0 Å². The highest BCUT2D eigenvalue weighted by Gasteiger charge is 2.25. The molecule has 10 heteroatoms. The fourth-order valence-electron chi connectivity index (χ4n) is 3.49. The molecule has 0 spiro atoms. The number of halogens is 2. The van der Waals surface area contributed by atoms with Crippen molar-refractivity contribution >= 4 is 47.4 Å². The van der Waals surface area contributed by atoms with Crippen molar-refractivity contribution in [3.05, 3.63) is 77.3 Å². The second-order valence-electron chi connectivity index (χ2n) is 7.27. The highest BCUT2D eigenvalue weighted by atomic mass is 127. The van der Waals surface area contributed by atoms with Crippen LogP contribution in [-0.4, -0.2) is 63.1 Å². The van der Waals surface area contributed by atoms with Gasteiger partial charge in [-0.15, -0.1) is 24.0 Å². The van der Waals surface area contributed by atoms with Gasteiger partial charge in [-0.2, -0.15) is 5.10 Å². The molecule has 0 atom stereocenters. The number of nitrogens with one attached hydrogen (secondary N) is 1. The third-order valence-corrected chi connectivity index (χ3v) is 5.44. The number of aromatic nitrogens is 3. The minimum absolute atomic E-state index is 0. The first kappa shape index (κ1) is 24.0. The number of carbonyl (C=O) groups excluding carboxylic acids is 1. The number of hydrogen-bond donors (Lipinski definition) is 1. The number of amides is 1. The summed E-state index contributed by atoms with van der Waals surface area (Å²) in [6, 6.07) is 15.7. The minimum Gasteiger partial charge on any atom is -0.352 e. The molecule has 2 aromatic carbocycles. The monoisotopic (exact) mass is 565 g/mol. The maximum Gasteiger partial charge on any atom is 0.242 e. The zero-order valence-electron chi connectivity index (χ0n) is 17.7. The molecule has 0 aliphatic carbocycles. The molecule has 1 amide bonds. The standard InChI is InChI=1S/C22H24ClN7O.HI/c1-24-22(26-12-17-4-8-20(9-5-17)30-16-25-15-27-30)29-11-10-28(21(31)14-29)13-18-2-6-19(23)7-3-18;/h2-9,15-16H,10-14H2,1H3,(H,24,26);1H. The van der Waals surface area contributed by atoms with Gasteiger partial charge in [0, 0.05) is 38.2 Å². The van der Waals surface area contributed by atoms with Gasteiger partial charge in [0.1, 0.15) is 12.7 Å². The van der Waals surface area contributed by atoms with Gasteiger partial charge in [0.2, 0.25) is 5.91 Å². The van der Waals surface area contributed by atoms with Crippen LogP contribution >= 0.6 is 35.6 Å². The van der Waals surface area contributed by atoms with Gasteiger partial charge in [-0.1, -0.05) is 35.9 Å². The number of nitrogens with zero attached hydrogens (tertiary/aromatic N) is 6. The Kier molecular flexibility index (Phi) is 8.46. The van der Waals surface area contributed by atoms with Crippen LogP contribution in [0.4, 0.5) is 0 Å². The van der Waals surface area contributed by atoms with Crippen molar-refractivity contribution in [1.29, 1.82) is 0 Å². The van der Waals surface area contributed by atoms with Crippen LogP contribution in [0.2, 0.25) is 5.02 Å². The molecule has 0 unspecified atom stereocenters. The lowest BCUT2D eigenvalue weighted by molar-refractivity contribution is -0.135. The Hall–Kier alpha value is -2.66. The molecule has 1 aromatic heterocycles. The predicted molar refractivity (Wildman–Crippen MR) is 135 cm³/mol. The molecule has 1 fully saturated rings. The van der Waals surface area contributed by atoms with Gasteiger partial charge in [0.15, 0.2) is 5.96 Å². The molecular formula is C22H25ClIN7O. The Balaban J connectivity index is 0.00000289. The third-order valence-electron chi connectivity index (χ3n) is 5.19. The maximum absolute atomic E-state index is 12.7. The van der Waals surface area contributed by atoms with Crippen LogP contribution in [0.15, 0.2) is 66.2 Å². The van der Waals surface area contributed by atoms with Crippen LogP contribution in [0.1, 0.15) is 11.1 Å². The summed E-state index contributed by atoms with van der Waals surface area (Å²) in [6.07, 6.45) is 3.18. The fraction of sp³-hybridized carbons (Fsp3) is 0.273. The number of rotatable bonds is 5. The lowest BCUT2D eigenvalue weighted by Crippen LogP contribution is -2.54. The molecular weight excluding hydrogens is 541 g/mol. The van der Waals surface area contributed by atoms with E-state index in [1.165, 1.54) is 6.33 Å². The average molecular weight is 566 g/mol. The summed E-state index contributed by atoms with van der Waals surface area (Å²) in [7, 11) is 1.74. The van der Waals surface area contributed by atoms with Crippen LogP contribution in [0, 0.1) is 0 Å². The number of hydrogen-bond acceptors (Lipinski definition) is 4. The van der Waals surface area contributed by atoms with Crippen molar-refractivity contribution in [2.75, 3.05) is 26.7 Å². The summed E-state index contributed by atoms with van der Waals surface area (Å²) in [6.45, 7) is 2.88. The molecule has 4 rings (SSSR count). The molecule has 3 aromatic rings. The summed E-state index contributed by atoms with van der Waals surface area (Å²) in [5, 5.41) is 8.18. The Morgan fingerprint density at radius 1 is 1.09 bits per heavy atom. The summed E-state index contributed by atoms with van der Waals surface area (Å²) in [5.74, 6) is 0.807. The van der Waals surface area contributed by atoms with E-state index >= 15 is 0 Å². The Morgan fingerprint density at radius 3 is 2.44 bits per heavy atom. The highest BCUT2D eigenvalue weighted by Crippen LogP contribution is 2.14.